The summed E-state index contributed by atoms with van der Waals surface area (Å²) in [5.74, 6) is -3.56. The highest BCUT2D eigenvalue weighted by Crippen LogP contribution is 2.22. The summed E-state index contributed by atoms with van der Waals surface area (Å²) in [6.45, 7) is -0.603. The van der Waals surface area contributed by atoms with E-state index < -0.39 is 24.5 Å². The molecular weight excluding hydrogens is 334 g/mol. The minimum Gasteiger partial charge on any atom is -0.271 e. The zero-order valence-corrected chi connectivity index (χ0v) is 11.6. The molecule has 0 atom stereocenters. The molecule has 0 fully saturated rings. The lowest BCUT2D eigenvalue weighted by molar-refractivity contribution is -0.189. The number of hydrazine groups is 1. The summed E-state index contributed by atoms with van der Waals surface area (Å²) >= 11 is 11.5. The number of nitrogens with one attached hydrogen (secondary N) is 1. The van der Waals surface area contributed by atoms with Gasteiger partial charge in [-0.05, 0) is 18.2 Å². The molecular formula is C11H6Cl2F3N3O2. The van der Waals surface area contributed by atoms with E-state index in [9.17, 15) is 22.8 Å². The molecule has 0 spiro atoms. The highest BCUT2D eigenvalue weighted by molar-refractivity contribution is 6.35. The van der Waals surface area contributed by atoms with Gasteiger partial charge in [-0.25, -0.2) is 0 Å². The molecule has 1 aromatic carbocycles. The van der Waals surface area contributed by atoms with E-state index in [-0.39, 0.29) is 26.5 Å². The van der Waals surface area contributed by atoms with E-state index in [2.05, 4.69) is 4.99 Å². The molecule has 1 aromatic rings. The third-order valence-electron chi connectivity index (χ3n) is 2.42. The number of carbonyl (C=O) groups excluding carboxylic acids is 2. The van der Waals surface area contributed by atoms with Gasteiger partial charge in [0.25, 0.3) is 5.91 Å². The normalized spacial score (nSPS) is 15.6. The lowest BCUT2D eigenvalue weighted by atomic mass is 10.2. The summed E-state index contributed by atoms with van der Waals surface area (Å²) in [6, 6.07) is 4.18. The van der Waals surface area contributed by atoms with Gasteiger partial charge in [0.15, 0.2) is 0 Å². The Hall–Kier alpha value is -1.80. The summed E-state index contributed by atoms with van der Waals surface area (Å²) in [5.41, 5.74) is 2.28. The zero-order valence-electron chi connectivity index (χ0n) is 10.0. The second-order valence-electron chi connectivity index (χ2n) is 3.97. The Morgan fingerprint density at radius 1 is 1.24 bits per heavy atom. The van der Waals surface area contributed by atoms with Crippen molar-refractivity contribution < 1.29 is 22.8 Å². The second-order valence-corrected chi connectivity index (χ2v) is 4.84. The van der Waals surface area contributed by atoms with Gasteiger partial charge in [0.2, 0.25) is 0 Å². The Labute approximate surface area is 126 Å². The van der Waals surface area contributed by atoms with E-state index in [1.807, 2.05) is 5.43 Å². The number of alkyl halides is 3. The fourth-order valence-electron chi connectivity index (χ4n) is 1.56. The van der Waals surface area contributed by atoms with Crippen LogP contribution >= 0.6 is 23.2 Å². The molecule has 21 heavy (non-hydrogen) atoms. The Balaban J connectivity index is 2.32. The fourth-order valence-corrected chi connectivity index (χ4v) is 2.08. The Kier molecular flexibility index (Phi) is 4.11. The van der Waals surface area contributed by atoms with Gasteiger partial charge in [0, 0.05) is 15.6 Å². The number of aliphatic imine (C=N–C) groups is 1. The minimum absolute atomic E-state index is 0.114. The number of amidine groups is 1. The molecule has 112 valence electrons. The monoisotopic (exact) mass is 339 g/mol. The average Bonchev–Trinajstić information content (AvgIpc) is 2.36. The molecule has 1 aliphatic heterocycles. The van der Waals surface area contributed by atoms with Crippen molar-refractivity contribution in [3.8, 4) is 0 Å². The van der Waals surface area contributed by atoms with E-state index in [0.717, 1.165) is 0 Å². The molecule has 0 radical (unpaired) electrons. The number of benzene rings is 1. The fraction of sp³-hybridized carbons (Fsp3) is 0.182. The smallest absolute Gasteiger partial charge is 0.271 e. The van der Waals surface area contributed by atoms with Gasteiger partial charge in [-0.15, -0.1) is 0 Å². The molecule has 0 aliphatic carbocycles. The second kappa shape index (κ2) is 5.53. The first kappa shape index (κ1) is 15.6. The first-order valence-corrected chi connectivity index (χ1v) is 6.16. The maximum atomic E-state index is 12.4. The third-order valence-corrected chi connectivity index (χ3v) is 2.86. The number of rotatable bonds is 1. The topological polar surface area (TPSA) is 61.8 Å². The Morgan fingerprint density at radius 2 is 1.81 bits per heavy atom. The van der Waals surface area contributed by atoms with Crippen molar-refractivity contribution >= 4 is 40.9 Å². The van der Waals surface area contributed by atoms with Crippen LogP contribution in [0.2, 0.25) is 10.0 Å². The Bertz CT molecular complexity index is 626. The van der Waals surface area contributed by atoms with Crippen LogP contribution < -0.4 is 5.43 Å². The van der Waals surface area contributed by atoms with Crippen molar-refractivity contribution in [2.24, 2.45) is 4.99 Å². The highest BCUT2D eigenvalue weighted by atomic mass is 35.5. The molecule has 0 saturated heterocycles. The van der Waals surface area contributed by atoms with E-state index in [0.29, 0.717) is 0 Å². The first-order chi connectivity index (χ1) is 9.68. The summed E-state index contributed by atoms with van der Waals surface area (Å²) < 4.78 is 37.2. The lowest BCUT2D eigenvalue weighted by Crippen LogP contribution is -2.57. The molecule has 0 unspecified atom stereocenters. The third kappa shape index (κ3) is 3.45. The quantitative estimate of drug-likeness (QED) is 0.852. The van der Waals surface area contributed by atoms with Crippen LogP contribution in [0.4, 0.5) is 13.2 Å². The van der Waals surface area contributed by atoms with Crippen molar-refractivity contribution in [2.45, 2.75) is 6.18 Å². The predicted octanol–water partition coefficient (Wildman–Crippen LogP) is 2.18. The van der Waals surface area contributed by atoms with Crippen LogP contribution in [0.5, 0.6) is 0 Å². The summed E-state index contributed by atoms with van der Waals surface area (Å²) in [4.78, 5) is 26.3. The molecule has 2 rings (SSSR count). The molecule has 0 aromatic heterocycles. The predicted molar refractivity (Wildman–Crippen MR) is 68.9 cm³/mol. The largest absolute Gasteiger partial charge is 0.473 e. The minimum atomic E-state index is -5.18. The van der Waals surface area contributed by atoms with Crippen LogP contribution in [-0.2, 0) is 9.59 Å². The van der Waals surface area contributed by atoms with Crippen LogP contribution in [0, 0.1) is 0 Å². The summed E-state index contributed by atoms with van der Waals surface area (Å²) in [5, 5.41) is 0.331. The van der Waals surface area contributed by atoms with Gasteiger partial charge in [-0.3, -0.25) is 20.0 Å². The van der Waals surface area contributed by atoms with Crippen molar-refractivity contribution in [1.82, 2.24) is 10.4 Å². The Morgan fingerprint density at radius 3 is 2.33 bits per heavy atom. The maximum absolute atomic E-state index is 12.4. The maximum Gasteiger partial charge on any atom is 0.473 e. The number of imide groups is 1. The molecule has 0 bridgehead atoms. The number of hydrogen-bond acceptors (Lipinski definition) is 4. The van der Waals surface area contributed by atoms with E-state index >= 15 is 0 Å². The van der Waals surface area contributed by atoms with Crippen molar-refractivity contribution in [3.63, 3.8) is 0 Å². The number of nitrogens with zero attached hydrogens (tertiary/aromatic N) is 2. The number of carbonyl (C=O) groups is 2. The molecule has 0 saturated carbocycles. The van der Waals surface area contributed by atoms with Gasteiger partial charge in [0.1, 0.15) is 12.4 Å². The number of hydrogen-bond donors (Lipinski definition) is 1. The molecule has 1 N–H and O–H groups in total. The van der Waals surface area contributed by atoms with Gasteiger partial charge in [0.05, 0.1) is 0 Å². The first-order valence-electron chi connectivity index (χ1n) is 5.40. The lowest BCUT2D eigenvalue weighted by Gasteiger charge is -2.27. The van der Waals surface area contributed by atoms with Crippen LogP contribution in [0.25, 0.3) is 0 Å². The van der Waals surface area contributed by atoms with Crippen molar-refractivity contribution in [3.05, 3.63) is 33.8 Å². The SMILES string of the molecule is O=C1CN=C(c2cc(Cl)cc(Cl)c2)NN1C(=O)C(F)(F)F. The van der Waals surface area contributed by atoms with E-state index in [1.54, 1.807) is 0 Å². The highest BCUT2D eigenvalue weighted by Gasteiger charge is 2.46. The number of halogens is 5. The number of amides is 2. The van der Waals surface area contributed by atoms with Crippen molar-refractivity contribution in [2.75, 3.05) is 6.54 Å². The van der Waals surface area contributed by atoms with Gasteiger partial charge in [-0.2, -0.15) is 18.2 Å². The standard InChI is InChI=1S/C11H6Cl2F3N3O2/c12-6-1-5(2-7(13)3-6)9-17-4-8(20)19(18-9)10(21)11(14,15)16/h1-3H,4H2,(H,17,18). The van der Waals surface area contributed by atoms with E-state index in [1.165, 1.54) is 18.2 Å². The van der Waals surface area contributed by atoms with Crippen LogP contribution in [0.3, 0.4) is 0 Å². The van der Waals surface area contributed by atoms with Gasteiger partial charge in [-0.1, -0.05) is 23.2 Å². The molecule has 2 amide bonds. The van der Waals surface area contributed by atoms with Crippen molar-refractivity contribution in [1.29, 1.82) is 0 Å². The van der Waals surface area contributed by atoms with E-state index in [4.69, 9.17) is 23.2 Å². The molecule has 1 heterocycles. The summed E-state index contributed by atoms with van der Waals surface area (Å²) in [6.07, 6.45) is -5.18. The molecule has 5 nitrogen and oxygen atoms in total. The van der Waals surface area contributed by atoms with Crippen LogP contribution in [0.1, 0.15) is 5.56 Å². The van der Waals surface area contributed by atoms with Crippen LogP contribution in [-0.4, -0.2) is 35.4 Å². The molecule has 10 heteroatoms. The average molecular weight is 340 g/mol. The van der Waals surface area contributed by atoms with Gasteiger partial charge >= 0.3 is 12.1 Å². The molecule has 1 aliphatic rings. The van der Waals surface area contributed by atoms with Gasteiger partial charge < -0.3 is 0 Å². The summed E-state index contributed by atoms with van der Waals surface area (Å²) in [7, 11) is 0. The zero-order chi connectivity index (χ0) is 15.8. The van der Waals surface area contributed by atoms with Crippen LogP contribution in [0.15, 0.2) is 23.2 Å².